The molecule has 0 bridgehead atoms. The number of carbonyl (C=O) groups is 2. The summed E-state index contributed by atoms with van der Waals surface area (Å²) < 4.78 is 10.5. The second kappa shape index (κ2) is 7.04. The van der Waals surface area contributed by atoms with Crippen LogP contribution in [-0.4, -0.2) is 24.8 Å². The number of amides is 2. The summed E-state index contributed by atoms with van der Waals surface area (Å²) >= 11 is 0. The third kappa shape index (κ3) is 3.95. The van der Waals surface area contributed by atoms with E-state index in [2.05, 4.69) is 15.8 Å². The summed E-state index contributed by atoms with van der Waals surface area (Å²) in [7, 11) is 0. The number of hydrogen-bond acceptors (Lipinski definition) is 5. The van der Waals surface area contributed by atoms with E-state index in [4.69, 9.17) is 9.47 Å². The molecule has 0 unspecified atom stereocenters. The number of nitrogens with zero attached hydrogens (tertiary/aromatic N) is 1. The Morgan fingerprint density at radius 1 is 1.04 bits per heavy atom. The van der Waals surface area contributed by atoms with Gasteiger partial charge in [0.1, 0.15) is 0 Å². The molecule has 0 aromatic heterocycles. The zero-order valence-corrected chi connectivity index (χ0v) is 13.8. The van der Waals surface area contributed by atoms with E-state index in [9.17, 15) is 9.59 Å². The molecule has 25 heavy (non-hydrogen) atoms. The highest BCUT2D eigenvalue weighted by atomic mass is 16.7. The van der Waals surface area contributed by atoms with Crippen molar-refractivity contribution in [2.24, 2.45) is 5.10 Å². The Morgan fingerprint density at radius 3 is 2.64 bits per heavy atom. The minimum Gasteiger partial charge on any atom is -0.454 e. The smallest absolute Gasteiger partial charge is 0.329 e. The van der Waals surface area contributed by atoms with Gasteiger partial charge in [0, 0.05) is 5.69 Å². The van der Waals surface area contributed by atoms with Crippen LogP contribution in [0.5, 0.6) is 11.5 Å². The van der Waals surface area contributed by atoms with Gasteiger partial charge in [0.25, 0.3) is 0 Å². The van der Waals surface area contributed by atoms with Gasteiger partial charge in [-0.25, -0.2) is 5.43 Å². The highest BCUT2D eigenvalue weighted by molar-refractivity contribution is 6.39. The first kappa shape index (κ1) is 16.5. The first-order valence-corrected chi connectivity index (χ1v) is 7.64. The van der Waals surface area contributed by atoms with Gasteiger partial charge in [0.05, 0.1) is 6.21 Å². The third-order valence-electron chi connectivity index (χ3n) is 3.61. The highest BCUT2D eigenvalue weighted by Gasteiger charge is 2.14. The summed E-state index contributed by atoms with van der Waals surface area (Å²) in [4.78, 5) is 23.7. The SMILES string of the molecule is Cc1ccc(NC(=O)C(=O)N/N=C/c2ccc3c(c2)OCO3)c(C)c1. The van der Waals surface area contributed by atoms with E-state index in [0.717, 1.165) is 11.1 Å². The predicted octanol–water partition coefficient (Wildman–Crippen LogP) is 2.12. The molecule has 2 amide bonds. The Bertz CT molecular complexity index is 861. The van der Waals surface area contributed by atoms with Gasteiger partial charge >= 0.3 is 11.8 Å². The Kier molecular flexibility index (Phi) is 4.65. The maximum absolute atomic E-state index is 11.9. The fourth-order valence-corrected chi connectivity index (χ4v) is 2.34. The Labute approximate surface area is 144 Å². The van der Waals surface area contributed by atoms with E-state index >= 15 is 0 Å². The second-order valence-corrected chi connectivity index (χ2v) is 5.58. The molecular formula is C18H17N3O4. The highest BCUT2D eigenvalue weighted by Crippen LogP contribution is 2.31. The maximum Gasteiger partial charge on any atom is 0.329 e. The van der Waals surface area contributed by atoms with Crippen LogP contribution in [-0.2, 0) is 9.59 Å². The quantitative estimate of drug-likeness (QED) is 0.509. The van der Waals surface area contributed by atoms with Crippen molar-refractivity contribution in [2.75, 3.05) is 12.1 Å². The number of nitrogens with one attached hydrogen (secondary N) is 2. The summed E-state index contributed by atoms with van der Waals surface area (Å²) in [6.45, 7) is 4.00. The zero-order valence-electron chi connectivity index (χ0n) is 13.8. The fraction of sp³-hybridized carbons (Fsp3) is 0.167. The number of carbonyl (C=O) groups excluding carboxylic acids is 2. The van der Waals surface area contributed by atoms with Crippen molar-refractivity contribution in [1.82, 2.24) is 5.43 Å². The first-order valence-electron chi connectivity index (χ1n) is 7.64. The first-order chi connectivity index (χ1) is 12.0. The number of hydrogen-bond donors (Lipinski definition) is 2. The largest absolute Gasteiger partial charge is 0.454 e. The van der Waals surface area contributed by atoms with Gasteiger partial charge < -0.3 is 14.8 Å². The number of ether oxygens (including phenoxy) is 2. The summed E-state index contributed by atoms with van der Waals surface area (Å²) in [5.74, 6) is -0.358. The van der Waals surface area contributed by atoms with Crippen LogP contribution in [0.15, 0.2) is 41.5 Å². The van der Waals surface area contributed by atoms with Crippen molar-refractivity contribution < 1.29 is 19.1 Å². The molecule has 7 heteroatoms. The molecule has 0 spiro atoms. The molecule has 0 radical (unpaired) electrons. The number of aryl methyl sites for hydroxylation is 2. The monoisotopic (exact) mass is 339 g/mol. The molecule has 3 rings (SSSR count). The summed E-state index contributed by atoms with van der Waals surface area (Å²) in [6.07, 6.45) is 1.42. The van der Waals surface area contributed by atoms with Gasteiger partial charge in [0.15, 0.2) is 11.5 Å². The van der Waals surface area contributed by atoms with Crippen molar-refractivity contribution in [3.05, 3.63) is 53.1 Å². The predicted molar refractivity (Wildman–Crippen MR) is 92.8 cm³/mol. The second-order valence-electron chi connectivity index (χ2n) is 5.58. The molecule has 1 heterocycles. The zero-order chi connectivity index (χ0) is 17.8. The van der Waals surface area contributed by atoms with Crippen molar-refractivity contribution in [1.29, 1.82) is 0 Å². The summed E-state index contributed by atoms with van der Waals surface area (Å²) in [5, 5.41) is 6.34. The molecule has 0 saturated carbocycles. The average Bonchev–Trinajstić information content (AvgIpc) is 3.05. The van der Waals surface area contributed by atoms with Crippen LogP contribution in [0.2, 0.25) is 0 Å². The fourth-order valence-electron chi connectivity index (χ4n) is 2.34. The minimum atomic E-state index is -0.850. The van der Waals surface area contributed by atoms with E-state index in [0.29, 0.717) is 22.7 Å². The van der Waals surface area contributed by atoms with Gasteiger partial charge in [-0.3, -0.25) is 9.59 Å². The summed E-state index contributed by atoms with van der Waals surface area (Å²) in [5.41, 5.74) is 5.45. The molecule has 0 atom stereocenters. The topological polar surface area (TPSA) is 89.0 Å². The Morgan fingerprint density at radius 2 is 1.84 bits per heavy atom. The van der Waals surface area contributed by atoms with E-state index in [-0.39, 0.29) is 6.79 Å². The molecule has 128 valence electrons. The van der Waals surface area contributed by atoms with Crippen LogP contribution < -0.4 is 20.2 Å². The van der Waals surface area contributed by atoms with Crippen molar-refractivity contribution in [3.63, 3.8) is 0 Å². The maximum atomic E-state index is 11.9. The number of rotatable bonds is 3. The molecular weight excluding hydrogens is 322 g/mol. The van der Waals surface area contributed by atoms with Crippen LogP contribution in [0.25, 0.3) is 0 Å². The molecule has 7 nitrogen and oxygen atoms in total. The van der Waals surface area contributed by atoms with E-state index in [1.54, 1.807) is 24.3 Å². The van der Waals surface area contributed by atoms with E-state index in [1.165, 1.54) is 6.21 Å². The summed E-state index contributed by atoms with van der Waals surface area (Å²) in [6, 6.07) is 10.8. The third-order valence-corrected chi connectivity index (χ3v) is 3.61. The molecule has 1 aliphatic heterocycles. The number of hydrazone groups is 1. The van der Waals surface area contributed by atoms with Crippen LogP contribution in [0.3, 0.4) is 0 Å². The molecule has 1 aliphatic rings. The number of benzene rings is 2. The van der Waals surface area contributed by atoms with Crippen molar-refractivity contribution in [3.8, 4) is 11.5 Å². The van der Waals surface area contributed by atoms with Crippen LogP contribution in [0.1, 0.15) is 16.7 Å². The van der Waals surface area contributed by atoms with Crippen molar-refractivity contribution in [2.45, 2.75) is 13.8 Å². The van der Waals surface area contributed by atoms with E-state index in [1.807, 2.05) is 26.0 Å². The van der Waals surface area contributed by atoms with Gasteiger partial charge in [-0.1, -0.05) is 17.7 Å². The van der Waals surface area contributed by atoms with Gasteiger partial charge in [0.2, 0.25) is 6.79 Å². The molecule has 0 saturated heterocycles. The number of fused-ring (bicyclic) bond motifs is 1. The van der Waals surface area contributed by atoms with Gasteiger partial charge in [-0.05, 0) is 49.2 Å². The van der Waals surface area contributed by atoms with Crippen LogP contribution in [0.4, 0.5) is 5.69 Å². The molecule has 2 aromatic carbocycles. The lowest BCUT2D eigenvalue weighted by atomic mass is 10.1. The number of anilines is 1. The lowest BCUT2D eigenvalue weighted by molar-refractivity contribution is -0.136. The minimum absolute atomic E-state index is 0.186. The molecule has 2 aromatic rings. The lowest BCUT2D eigenvalue weighted by Gasteiger charge is -2.08. The Balaban J connectivity index is 1.57. The van der Waals surface area contributed by atoms with Crippen LogP contribution >= 0.6 is 0 Å². The average molecular weight is 339 g/mol. The molecule has 0 fully saturated rings. The normalized spacial score (nSPS) is 12.2. The molecule has 2 N–H and O–H groups in total. The van der Waals surface area contributed by atoms with Crippen LogP contribution in [0, 0.1) is 13.8 Å². The molecule has 0 aliphatic carbocycles. The van der Waals surface area contributed by atoms with Crippen molar-refractivity contribution >= 4 is 23.7 Å². The van der Waals surface area contributed by atoms with E-state index < -0.39 is 11.8 Å². The Hall–Kier alpha value is -3.35. The van der Waals surface area contributed by atoms with Gasteiger partial charge in [-0.2, -0.15) is 5.10 Å². The standard InChI is InChI=1S/C18H17N3O4/c1-11-3-5-14(12(2)7-11)20-17(22)18(23)21-19-9-13-4-6-15-16(8-13)25-10-24-15/h3-9H,10H2,1-2H3,(H,20,22)(H,21,23)/b19-9+. The lowest BCUT2D eigenvalue weighted by Crippen LogP contribution is -2.32. The van der Waals surface area contributed by atoms with Gasteiger partial charge in [-0.15, -0.1) is 0 Å².